The number of rotatable bonds is 5. The zero-order valence-electron chi connectivity index (χ0n) is 14.2. The Morgan fingerprint density at radius 2 is 1.67 bits per heavy atom. The molecule has 24 heavy (non-hydrogen) atoms. The predicted molar refractivity (Wildman–Crippen MR) is 93.5 cm³/mol. The smallest absolute Gasteiger partial charge is 0.281 e. The zero-order valence-corrected chi connectivity index (χ0v) is 16.1. The first-order valence-electron chi connectivity index (χ1n) is 7.59. The topological polar surface area (TPSA) is 43.4 Å². The van der Waals surface area contributed by atoms with Gasteiger partial charge in [-0.2, -0.15) is 12.1 Å². The molecule has 0 atom stereocenters. The maximum atomic E-state index is 11.3. The van der Waals surface area contributed by atoms with Crippen molar-refractivity contribution in [1.82, 2.24) is 0 Å². The fraction of sp³-hybridized carbons (Fsp3) is 0.368. The summed E-state index contributed by atoms with van der Waals surface area (Å²) in [6, 6.07) is 14.5. The molecule has 0 unspecified atom stereocenters. The molecule has 0 bridgehead atoms. The van der Waals surface area contributed by atoms with Crippen LogP contribution in [0.3, 0.4) is 0 Å². The van der Waals surface area contributed by atoms with Gasteiger partial charge < -0.3 is 39.4 Å². The van der Waals surface area contributed by atoms with Gasteiger partial charge in [-0.15, -0.1) is 18.0 Å². The van der Waals surface area contributed by atoms with E-state index in [0.717, 1.165) is 12.0 Å². The van der Waals surface area contributed by atoms with Crippen molar-refractivity contribution in [3.8, 4) is 0 Å². The summed E-state index contributed by atoms with van der Waals surface area (Å²) in [5.41, 5.74) is 1.01. The number of ketones is 1. The second-order valence-electron chi connectivity index (χ2n) is 6.06. The van der Waals surface area contributed by atoms with Gasteiger partial charge in [-0.05, 0) is 20.8 Å². The number of halogens is 1. The number of carbonyl (C=O) groups excluding carboxylic acids is 2. The van der Waals surface area contributed by atoms with Crippen LogP contribution in [-0.4, -0.2) is 23.2 Å². The van der Waals surface area contributed by atoms with Gasteiger partial charge in [0.15, 0.2) is 0 Å². The van der Waals surface area contributed by atoms with Gasteiger partial charge in [0.1, 0.15) is 5.60 Å². The maximum Gasteiger partial charge on any atom is 0.281 e. The number of alkyl halides is 1. The van der Waals surface area contributed by atoms with Gasteiger partial charge in [-0.3, -0.25) is 10.6 Å². The molecule has 0 radical (unpaired) electrons. The SMILES string of the molecule is CC(C)(C)OC(=O)[c-]1cccc1.O=C(CCCCl)[c-]1[cH-][cH-][cH-][cH-]1.[Fe]. The van der Waals surface area contributed by atoms with Crippen molar-refractivity contribution in [3.05, 3.63) is 59.7 Å². The fourth-order valence-corrected chi connectivity index (χ4v) is 1.91. The van der Waals surface area contributed by atoms with E-state index < -0.39 is 5.60 Å². The second kappa shape index (κ2) is 11.2. The number of ether oxygens (including phenoxy) is 1. The summed E-state index contributed by atoms with van der Waals surface area (Å²) in [6.07, 6.45) is 1.33. The molecule has 0 aliphatic rings. The van der Waals surface area contributed by atoms with Crippen LogP contribution in [0.15, 0.2) is 48.5 Å². The van der Waals surface area contributed by atoms with E-state index in [1.165, 1.54) is 0 Å². The summed E-state index contributed by atoms with van der Waals surface area (Å²) in [4.78, 5) is 22.5. The van der Waals surface area contributed by atoms with Crippen LogP contribution in [-0.2, 0) is 21.8 Å². The van der Waals surface area contributed by atoms with Crippen LogP contribution in [0.5, 0.6) is 0 Å². The van der Waals surface area contributed by atoms with Gasteiger partial charge in [0, 0.05) is 22.9 Å². The molecular formula is C19H23ClFeO3-6. The van der Waals surface area contributed by atoms with E-state index in [0.29, 0.717) is 17.9 Å². The molecule has 0 fully saturated rings. The van der Waals surface area contributed by atoms with Crippen LogP contribution in [0.1, 0.15) is 54.3 Å². The molecule has 5 heteroatoms. The van der Waals surface area contributed by atoms with Crippen molar-refractivity contribution in [2.24, 2.45) is 0 Å². The van der Waals surface area contributed by atoms with Crippen LogP contribution < -0.4 is 0 Å². The van der Waals surface area contributed by atoms with Crippen LogP contribution in [0.4, 0.5) is 0 Å². The summed E-state index contributed by atoms with van der Waals surface area (Å²) in [5.74, 6) is 0.495. The first-order chi connectivity index (χ1) is 10.8. The quantitative estimate of drug-likeness (QED) is 0.238. The third-order valence-electron chi connectivity index (χ3n) is 2.82. The maximum absolute atomic E-state index is 11.3. The number of hydrogen-bond acceptors (Lipinski definition) is 3. The van der Waals surface area contributed by atoms with Gasteiger partial charge in [0.25, 0.3) is 5.97 Å². The van der Waals surface area contributed by atoms with Crippen molar-refractivity contribution in [2.45, 2.75) is 39.2 Å². The van der Waals surface area contributed by atoms with Crippen molar-refractivity contribution >= 4 is 23.4 Å². The van der Waals surface area contributed by atoms with Gasteiger partial charge in [-0.25, -0.2) is 12.1 Å². The third kappa shape index (κ3) is 9.07. The molecule has 2 aromatic carbocycles. The Morgan fingerprint density at radius 3 is 2.12 bits per heavy atom. The largest absolute Gasteiger partial charge is 0.718 e. The molecular weight excluding hydrogens is 368 g/mol. The second-order valence-corrected chi connectivity index (χ2v) is 6.44. The van der Waals surface area contributed by atoms with E-state index in [2.05, 4.69) is 0 Å². The average molecular weight is 391 g/mol. The molecule has 0 aromatic heterocycles. The minimum absolute atomic E-state index is 0. The molecule has 0 spiro atoms. The van der Waals surface area contributed by atoms with Crippen molar-refractivity contribution in [3.63, 3.8) is 0 Å². The molecule has 0 amide bonds. The zero-order chi connectivity index (χ0) is 17.3. The summed E-state index contributed by atoms with van der Waals surface area (Å²) >= 11 is 5.45. The molecule has 3 nitrogen and oxygen atoms in total. The molecule has 0 N–H and O–H groups in total. The molecule has 0 aliphatic carbocycles. The van der Waals surface area contributed by atoms with E-state index in [4.69, 9.17) is 16.3 Å². The first-order valence-corrected chi connectivity index (χ1v) is 8.13. The van der Waals surface area contributed by atoms with Crippen molar-refractivity contribution in [1.29, 1.82) is 0 Å². The third-order valence-corrected chi connectivity index (χ3v) is 3.09. The van der Waals surface area contributed by atoms with Gasteiger partial charge in [0.2, 0.25) is 0 Å². The van der Waals surface area contributed by atoms with Crippen LogP contribution >= 0.6 is 11.6 Å². The minimum atomic E-state index is -0.408. The predicted octanol–water partition coefficient (Wildman–Crippen LogP) is 4.97. The Labute approximate surface area is 159 Å². The molecule has 2 aromatic rings. The summed E-state index contributed by atoms with van der Waals surface area (Å²) in [5, 5.41) is 0. The molecule has 0 heterocycles. The van der Waals surface area contributed by atoms with Gasteiger partial charge in [0.05, 0.1) is 0 Å². The molecule has 2 rings (SSSR count). The summed E-state index contributed by atoms with van der Waals surface area (Å²) in [6.45, 7) is 5.56. The fourth-order valence-electron chi connectivity index (χ4n) is 1.78. The van der Waals surface area contributed by atoms with E-state index in [9.17, 15) is 9.59 Å². The Kier molecular flexibility index (Phi) is 10.6. The number of hydrogen-bond donors (Lipinski definition) is 0. The van der Waals surface area contributed by atoms with E-state index >= 15 is 0 Å². The van der Waals surface area contributed by atoms with Crippen molar-refractivity contribution in [2.75, 3.05) is 5.88 Å². The van der Waals surface area contributed by atoms with E-state index in [-0.39, 0.29) is 28.8 Å². The normalized spacial score (nSPS) is 10.2. The van der Waals surface area contributed by atoms with E-state index in [1.807, 2.05) is 57.2 Å². The number of Topliss-reactive ketones (excluding diaryl/α,β-unsaturated/α-hetero) is 1. The summed E-state index contributed by atoms with van der Waals surface area (Å²) in [7, 11) is 0. The molecule has 138 valence electrons. The molecule has 0 aliphatic heterocycles. The Balaban J connectivity index is 0.000000425. The van der Waals surface area contributed by atoms with Gasteiger partial charge >= 0.3 is 0 Å². The van der Waals surface area contributed by atoms with Crippen molar-refractivity contribution < 1.29 is 31.4 Å². The monoisotopic (exact) mass is 390 g/mol. The standard InChI is InChI=1S/C10H13O2.C9H10ClO.Fe/c1-10(2,3)12-9(11)8-6-4-5-7-8;10-7-3-6-9(11)8-4-1-2-5-8;/h4-7H,1-3H3;1-2,4-5H,3,6-7H2;/q-1;-5;. The average Bonchev–Trinajstić information content (AvgIpc) is 3.15. The van der Waals surface area contributed by atoms with Crippen LogP contribution in [0.2, 0.25) is 0 Å². The van der Waals surface area contributed by atoms with Crippen LogP contribution in [0, 0.1) is 0 Å². The summed E-state index contributed by atoms with van der Waals surface area (Å²) < 4.78 is 5.14. The van der Waals surface area contributed by atoms with Crippen LogP contribution in [0.25, 0.3) is 0 Å². The number of carbonyl (C=O) groups is 2. The Hall–Kier alpha value is -1.35. The number of esters is 1. The Morgan fingerprint density at radius 1 is 1.12 bits per heavy atom. The van der Waals surface area contributed by atoms with Gasteiger partial charge in [-0.1, -0.05) is 12.0 Å². The first kappa shape index (κ1) is 22.6. The Bertz CT molecular complexity index is 581. The minimum Gasteiger partial charge on any atom is -0.718 e. The molecule has 0 saturated heterocycles. The van der Waals surface area contributed by atoms with E-state index in [1.54, 1.807) is 12.1 Å². The molecule has 0 saturated carbocycles.